The first-order chi connectivity index (χ1) is 6.70. The third-order valence-corrected chi connectivity index (χ3v) is 3.12. The highest BCUT2D eigenvalue weighted by molar-refractivity contribution is 9.11. The van der Waals surface area contributed by atoms with Crippen molar-refractivity contribution in [2.45, 2.75) is 19.8 Å². The maximum Gasteiger partial charge on any atom is 0.275 e. The van der Waals surface area contributed by atoms with E-state index in [0.29, 0.717) is 8.88 Å². The number of aryl methyl sites for hydroxylation is 1. The molecule has 4 nitrogen and oxygen atoms in total. The van der Waals surface area contributed by atoms with Crippen molar-refractivity contribution >= 4 is 32.2 Å². The second-order valence-corrected chi connectivity index (χ2v) is 5.12. The second-order valence-electron chi connectivity index (χ2n) is 2.89. The summed E-state index contributed by atoms with van der Waals surface area (Å²) in [7, 11) is 0. The second kappa shape index (κ2) is 3.78. The van der Waals surface area contributed by atoms with Gasteiger partial charge in [0.05, 0.1) is 0 Å². The molecule has 0 atom stereocenters. The van der Waals surface area contributed by atoms with Crippen LogP contribution in [0.25, 0.3) is 4.96 Å². The minimum atomic E-state index is -0.111. The Morgan fingerprint density at radius 1 is 1.64 bits per heavy atom. The van der Waals surface area contributed by atoms with E-state index in [1.165, 1.54) is 15.9 Å². The van der Waals surface area contributed by atoms with Crippen LogP contribution >= 0.6 is 27.3 Å². The van der Waals surface area contributed by atoms with Gasteiger partial charge in [-0.05, 0) is 22.4 Å². The summed E-state index contributed by atoms with van der Waals surface area (Å²) in [6, 6.07) is 1.54. The summed E-state index contributed by atoms with van der Waals surface area (Å²) in [5.74, 6) is 0. The van der Waals surface area contributed by atoms with Crippen molar-refractivity contribution in [1.29, 1.82) is 0 Å². The number of fused-ring (bicyclic) bond motifs is 1. The van der Waals surface area contributed by atoms with E-state index in [9.17, 15) is 4.79 Å². The minimum absolute atomic E-state index is 0.111. The van der Waals surface area contributed by atoms with Crippen LogP contribution in [0.15, 0.2) is 14.8 Å². The average molecular weight is 274 g/mol. The molecule has 0 spiro atoms. The smallest absolute Gasteiger partial charge is 0.267 e. The van der Waals surface area contributed by atoms with Crippen molar-refractivity contribution in [3.8, 4) is 0 Å². The highest BCUT2D eigenvalue weighted by atomic mass is 79.9. The third kappa shape index (κ3) is 1.72. The number of halogens is 1. The number of hydrogen-bond acceptors (Lipinski definition) is 4. The Kier molecular flexibility index (Phi) is 2.64. The first-order valence-corrected chi connectivity index (χ1v) is 5.87. The molecular formula is C8H8BrN3OS. The van der Waals surface area contributed by atoms with E-state index in [1.54, 1.807) is 6.07 Å². The summed E-state index contributed by atoms with van der Waals surface area (Å²) in [4.78, 5) is 16.5. The van der Waals surface area contributed by atoms with E-state index in [0.717, 1.165) is 18.5 Å². The molecule has 14 heavy (non-hydrogen) atoms. The molecule has 0 aromatic carbocycles. The molecule has 2 aromatic heterocycles. The van der Waals surface area contributed by atoms with Crippen LogP contribution in [0.3, 0.4) is 0 Å². The molecule has 0 radical (unpaired) electrons. The molecule has 0 saturated heterocycles. The maximum atomic E-state index is 11.5. The molecule has 2 aromatic rings. The Morgan fingerprint density at radius 3 is 3.14 bits per heavy atom. The van der Waals surface area contributed by atoms with Gasteiger partial charge in [-0.1, -0.05) is 24.7 Å². The molecular weight excluding hydrogens is 266 g/mol. The van der Waals surface area contributed by atoms with Gasteiger partial charge in [-0.25, -0.2) is 4.98 Å². The lowest BCUT2D eigenvalue weighted by molar-refractivity contribution is 0.836. The Morgan fingerprint density at radius 2 is 2.43 bits per heavy atom. The fourth-order valence-electron chi connectivity index (χ4n) is 1.22. The molecule has 0 bridgehead atoms. The van der Waals surface area contributed by atoms with Gasteiger partial charge in [0.25, 0.3) is 5.56 Å². The van der Waals surface area contributed by atoms with Gasteiger partial charge in [0.15, 0.2) is 3.92 Å². The van der Waals surface area contributed by atoms with Crippen LogP contribution in [0.5, 0.6) is 0 Å². The largest absolute Gasteiger partial charge is 0.275 e. The first-order valence-electron chi connectivity index (χ1n) is 4.26. The topological polar surface area (TPSA) is 47.3 Å². The molecule has 2 heterocycles. The third-order valence-electron chi connectivity index (χ3n) is 1.78. The van der Waals surface area contributed by atoms with Gasteiger partial charge in [0.2, 0.25) is 4.96 Å². The van der Waals surface area contributed by atoms with Gasteiger partial charge in [-0.2, -0.15) is 4.52 Å². The minimum Gasteiger partial charge on any atom is -0.267 e. The van der Waals surface area contributed by atoms with Crippen LogP contribution in [-0.2, 0) is 6.42 Å². The Hall–Kier alpha value is -0.750. The summed E-state index contributed by atoms with van der Waals surface area (Å²) in [5, 5.41) is 3.99. The van der Waals surface area contributed by atoms with Crippen LogP contribution in [0.1, 0.15) is 19.0 Å². The Balaban J connectivity index is 2.65. The zero-order valence-corrected chi connectivity index (χ0v) is 9.93. The molecule has 0 saturated carbocycles. The normalized spacial score (nSPS) is 11.0. The predicted octanol–water partition coefficient (Wildman–Crippen LogP) is 1.87. The molecule has 74 valence electrons. The monoisotopic (exact) mass is 273 g/mol. The molecule has 0 aliphatic carbocycles. The number of nitrogens with zero attached hydrogens (tertiary/aromatic N) is 3. The Bertz CT molecular complexity index is 519. The van der Waals surface area contributed by atoms with Crippen molar-refractivity contribution < 1.29 is 0 Å². The molecule has 2 rings (SSSR count). The van der Waals surface area contributed by atoms with Gasteiger partial charge in [-0.15, -0.1) is 5.10 Å². The number of hydrogen-bond donors (Lipinski definition) is 0. The van der Waals surface area contributed by atoms with Crippen molar-refractivity contribution in [3.63, 3.8) is 0 Å². The quantitative estimate of drug-likeness (QED) is 0.839. The zero-order chi connectivity index (χ0) is 10.1. The van der Waals surface area contributed by atoms with Gasteiger partial charge < -0.3 is 0 Å². The summed E-state index contributed by atoms with van der Waals surface area (Å²) in [5.41, 5.74) is 0.731. The Labute approximate surface area is 92.7 Å². The van der Waals surface area contributed by atoms with Crippen molar-refractivity contribution in [3.05, 3.63) is 26.0 Å². The summed E-state index contributed by atoms with van der Waals surface area (Å²) < 4.78 is 1.99. The number of rotatable bonds is 2. The van der Waals surface area contributed by atoms with Crippen molar-refractivity contribution in [2.24, 2.45) is 0 Å². The van der Waals surface area contributed by atoms with Crippen LogP contribution < -0.4 is 5.56 Å². The van der Waals surface area contributed by atoms with E-state index in [-0.39, 0.29) is 5.56 Å². The fourth-order valence-corrected chi connectivity index (χ4v) is 2.46. The average Bonchev–Trinajstić information content (AvgIpc) is 2.47. The highest BCUT2D eigenvalue weighted by Crippen LogP contribution is 2.16. The molecule has 0 aliphatic heterocycles. The summed E-state index contributed by atoms with van der Waals surface area (Å²) in [6.45, 7) is 2.06. The van der Waals surface area contributed by atoms with E-state index in [4.69, 9.17) is 0 Å². The fraction of sp³-hybridized carbons (Fsp3) is 0.375. The predicted molar refractivity (Wildman–Crippen MR) is 58.8 cm³/mol. The van der Waals surface area contributed by atoms with Gasteiger partial charge in [0, 0.05) is 11.8 Å². The molecule has 0 N–H and O–H groups in total. The van der Waals surface area contributed by atoms with E-state index < -0.39 is 0 Å². The van der Waals surface area contributed by atoms with Crippen LogP contribution in [0.4, 0.5) is 0 Å². The van der Waals surface area contributed by atoms with Crippen LogP contribution in [-0.4, -0.2) is 14.6 Å². The maximum absolute atomic E-state index is 11.5. The van der Waals surface area contributed by atoms with Crippen LogP contribution in [0.2, 0.25) is 0 Å². The molecule has 0 unspecified atom stereocenters. The lowest BCUT2D eigenvalue weighted by Crippen LogP contribution is -2.15. The molecule has 0 amide bonds. The van der Waals surface area contributed by atoms with Gasteiger partial charge in [-0.3, -0.25) is 4.79 Å². The lowest BCUT2D eigenvalue weighted by atomic mass is 10.2. The van der Waals surface area contributed by atoms with Crippen LogP contribution in [0, 0.1) is 0 Å². The first kappa shape index (κ1) is 9.79. The number of aromatic nitrogens is 3. The van der Waals surface area contributed by atoms with E-state index in [2.05, 4.69) is 32.9 Å². The SMILES string of the molecule is CCCc1cc(=O)n2nc(Br)sc2n1. The van der Waals surface area contributed by atoms with Crippen molar-refractivity contribution in [1.82, 2.24) is 14.6 Å². The van der Waals surface area contributed by atoms with Crippen molar-refractivity contribution in [2.75, 3.05) is 0 Å². The summed E-state index contributed by atoms with van der Waals surface area (Å²) in [6.07, 6.45) is 1.82. The highest BCUT2D eigenvalue weighted by Gasteiger charge is 2.06. The zero-order valence-electron chi connectivity index (χ0n) is 7.53. The molecule has 0 aliphatic rings. The standard InChI is InChI=1S/C8H8BrN3OS/c1-2-3-5-4-6(13)12-8(10-5)14-7(9)11-12/h4H,2-3H2,1H3. The molecule has 6 heteroatoms. The lowest BCUT2D eigenvalue weighted by Gasteiger charge is -1.95. The summed E-state index contributed by atoms with van der Waals surface area (Å²) >= 11 is 4.59. The molecule has 0 fully saturated rings. The van der Waals surface area contributed by atoms with E-state index in [1.807, 2.05) is 0 Å². The van der Waals surface area contributed by atoms with Gasteiger partial charge >= 0.3 is 0 Å². The van der Waals surface area contributed by atoms with E-state index >= 15 is 0 Å². The van der Waals surface area contributed by atoms with Gasteiger partial charge in [0.1, 0.15) is 0 Å².